The Morgan fingerprint density at radius 3 is 2.08 bits per heavy atom. The molecule has 0 atom stereocenters. The van der Waals surface area contributed by atoms with Gasteiger partial charge in [-0.05, 0) is 29.5 Å². The number of amides is 1. The van der Waals surface area contributed by atoms with Gasteiger partial charge < -0.3 is 4.90 Å². The fourth-order valence-electron chi connectivity index (χ4n) is 2.52. The van der Waals surface area contributed by atoms with Crippen LogP contribution in [0.25, 0.3) is 0 Å². The van der Waals surface area contributed by atoms with Crippen molar-refractivity contribution in [3.05, 3.63) is 29.8 Å². The number of nitrogens with zero attached hydrogens (tertiary/aromatic N) is 2. The number of unbranched alkanes of at least 4 members (excludes halogenated alkanes) is 1. The summed E-state index contributed by atoms with van der Waals surface area (Å²) in [7, 11) is -1.68. The maximum atomic E-state index is 12.2. The molecule has 1 rings (SSSR count). The van der Waals surface area contributed by atoms with Crippen LogP contribution in [-0.4, -0.2) is 45.6 Å². The Morgan fingerprint density at radius 1 is 1.08 bits per heavy atom. The van der Waals surface area contributed by atoms with Crippen LogP contribution in [0, 0.1) is 0 Å². The Morgan fingerprint density at radius 2 is 1.64 bits per heavy atom. The number of rotatable bonds is 8. The summed E-state index contributed by atoms with van der Waals surface area (Å²) in [4.78, 5) is 13.9. The summed E-state index contributed by atoms with van der Waals surface area (Å²) in [5.74, 6) is -0.0339. The summed E-state index contributed by atoms with van der Waals surface area (Å²) in [5.41, 5.74) is 1.74. The number of hydrogen-bond donors (Lipinski definition) is 0. The Bertz CT molecular complexity index is 661. The number of carbonyl (C=O) groups is 1. The molecule has 0 saturated heterocycles. The first-order valence-corrected chi connectivity index (χ1v) is 10.6. The maximum absolute atomic E-state index is 12.2. The lowest BCUT2D eigenvalue weighted by Crippen LogP contribution is -2.35. The van der Waals surface area contributed by atoms with Crippen LogP contribution < -0.4 is 4.31 Å². The van der Waals surface area contributed by atoms with Gasteiger partial charge in [0.25, 0.3) is 0 Å². The Kier molecular flexibility index (Phi) is 7.47. The molecule has 0 saturated carbocycles. The first kappa shape index (κ1) is 21.5. The van der Waals surface area contributed by atoms with Crippen LogP contribution in [0.15, 0.2) is 24.3 Å². The molecule has 5 nitrogen and oxygen atoms in total. The molecular formula is C19H32N2O3S. The Balaban J connectivity index is 2.88. The van der Waals surface area contributed by atoms with Crippen LogP contribution in [0.2, 0.25) is 0 Å². The van der Waals surface area contributed by atoms with Gasteiger partial charge in [0.15, 0.2) is 0 Å². The molecule has 1 aromatic carbocycles. The van der Waals surface area contributed by atoms with Crippen molar-refractivity contribution in [3.8, 4) is 0 Å². The van der Waals surface area contributed by atoms with Crippen molar-refractivity contribution in [3.63, 3.8) is 0 Å². The van der Waals surface area contributed by atoms with Gasteiger partial charge in [-0.1, -0.05) is 46.2 Å². The van der Waals surface area contributed by atoms with Crippen molar-refractivity contribution >= 4 is 21.6 Å². The smallest absolute Gasteiger partial charge is 0.232 e. The molecule has 1 aromatic rings. The van der Waals surface area contributed by atoms with Crippen molar-refractivity contribution in [1.29, 1.82) is 0 Å². The van der Waals surface area contributed by atoms with E-state index in [9.17, 15) is 13.2 Å². The molecular weight excluding hydrogens is 336 g/mol. The molecule has 0 bridgehead atoms. The van der Waals surface area contributed by atoms with Gasteiger partial charge >= 0.3 is 0 Å². The normalized spacial score (nSPS) is 12.1. The quantitative estimate of drug-likeness (QED) is 0.707. The molecule has 0 radical (unpaired) electrons. The van der Waals surface area contributed by atoms with Gasteiger partial charge in [-0.15, -0.1) is 0 Å². The molecule has 142 valence electrons. The van der Waals surface area contributed by atoms with Crippen molar-refractivity contribution in [2.75, 3.05) is 30.7 Å². The van der Waals surface area contributed by atoms with E-state index in [2.05, 4.69) is 27.7 Å². The predicted octanol–water partition coefficient (Wildman–Crippen LogP) is 3.40. The van der Waals surface area contributed by atoms with Crippen molar-refractivity contribution in [1.82, 2.24) is 4.90 Å². The highest BCUT2D eigenvalue weighted by atomic mass is 32.2. The van der Waals surface area contributed by atoms with Gasteiger partial charge in [-0.25, -0.2) is 8.42 Å². The number of benzene rings is 1. The zero-order valence-electron chi connectivity index (χ0n) is 16.4. The zero-order chi connectivity index (χ0) is 19.3. The van der Waals surface area contributed by atoms with E-state index >= 15 is 0 Å². The zero-order valence-corrected chi connectivity index (χ0v) is 17.2. The fourth-order valence-corrected chi connectivity index (χ4v) is 3.45. The molecule has 0 fully saturated rings. The first-order chi connectivity index (χ1) is 11.5. The van der Waals surface area contributed by atoms with Gasteiger partial charge in [0.2, 0.25) is 15.9 Å². The molecule has 1 amide bonds. The minimum Gasteiger partial charge on any atom is -0.346 e. The second-order valence-electron chi connectivity index (χ2n) is 7.55. The highest BCUT2D eigenvalue weighted by Gasteiger charge is 2.21. The highest BCUT2D eigenvalue weighted by molar-refractivity contribution is 7.92. The van der Waals surface area contributed by atoms with Crippen LogP contribution in [-0.2, 0) is 20.2 Å². The van der Waals surface area contributed by atoms with Crippen LogP contribution >= 0.6 is 0 Å². The van der Waals surface area contributed by atoms with E-state index in [0.717, 1.165) is 18.4 Å². The third kappa shape index (κ3) is 6.69. The molecule has 0 aliphatic heterocycles. The Hall–Kier alpha value is -1.56. The van der Waals surface area contributed by atoms with Gasteiger partial charge in [0.05, 0.1) is 11.9 Å². The molecule has 6 heteroatoms. The lowest BCUT2D eigenvalue weighted by Gasteiger charge is -2.25. The van der Waals surface area contributed by atoms with E-state index in [4.69, 9.17) is 0 Å². The van der Waals surface area contributed by atoms with E-state index in [1.54, 1.807) is 11.9 Å². The molecule has 0 heterocycles. The van der Waals surface area contributed by atoms with Gasteiger partial charge in [0, 0.05) is 26.6 Å². The van der Waals surface area contributed by atoms with Crippen molar-refractivity contribution < 1.29 is 13.2 Å². The molecule has 0 aromatic heterocycles. The standard InChI is InChI=1S/C19H32N2O3S/c1-7-8-14-20(5)18(22)13-15-21(25(6,23)24)17-11-9-16(10-12-17)19(2,3)4/h9-12H,7-8,13-15H2,1-6H3. The van der Waals surface area contributed by atoms with Crippen LogP contribution in [0.4, 0.5) is 5.69 Å². The molecule has 25 heavy (non-hydrogen) atoms. The van der Waals surface area contributed by atoms with E-state index in [-0.39, 0.29) is 24.3 Å². The SMILES string of the molecule is CCCCN(C)C(=O)CCN(c1ccc(C(C)(C)C)cc1)S(C)(=O)=O. The average molecular weight is 369 g/mol. The van der Waals surface area contributed by atoms with Gasteiger partial charge in [-0.2, -0.15) is 0 Å². The summed E-state index contributed by atoms with van der Waals surface area (Å²) in [6, 6.07) is 7.52. The van der Waals surface area contributed by atoms with E-state index < -0.39 is 10.0 Å². The largest absolute Gasteiger partial charge is 0.346 e. The number of carbonyl (C=O) groups excluding carboxylic acids is 1. The van der Waals surface area contributed by atoms with Crippen molar-refractivity contribution in [2.45, 2.75) is 52.4 Å². The van der Waals surface area contributed by atoms with Crippen LogP contribution in [0.5, 0.6) is 0 Å². The van der Waals surface area contributed by atoms with Crippen LogP contribution in [0.3, 0.4) is 0 Å². The summed E-state index contributed by atoms with van der Waals surface area (Å²) < 4.78 is 25.6. The van der Waals surface area contributed by atoms with E-state index in [1.807, 2.05) is 24.3 Å². The number of anilines is 1. The number of sulfonamides is 1. The van der Waals surface area contributed by atoms with Crippen molar-refractivity contribution in [2.24, 2.45) is 0 Å². The molecule has 0 unspecified atom stereocenters. The monoisotopic (exact) mass is 368 g/mol. The van der Waals surface area contributed by atoms with E-state index in [0.29, 0.717) is 12.2 Å². The summed E-state index contributed by atoms with van der Waals surface area (Å²) in [6.45, 7) is 9.27. The molecule has 0 aliphatic rings. The predicted molar refractivity (Wildman–Crippen MR) is 104 cm³/mol. The molecule has 0 N–H and O–H groups in total. The summed E-state index contributed by atoms with van der Waals surface area (Å²) in [5, 5.41) is 0. The second-order valence-corrected chi connectivity index (χ2v) is 9.46. The van der Waals surface area contributed by atoms with Gasteiger partial charge in [0.1, 0.15) is 0 Å². The van der Waals surface area contributed by atoms with E-state index in [1.165, 1.54) is 10.6 Å². The fraction of sp³-hybridized carbons (Fsp3) is 0.632. The summed E-state index contributed by atoms with van der Waals surface area (Å²) >= 11 is 0. The third-order valence-electron chi connectivity index (χ3n) is 4.22. The Labute approximate surface area is 153 Å². The molecule has 0 aliphatic carbocycles. The average Bonchev–Trinajstić information content (AvgIpc) is 2.50. The summed E-state index contributed by atoms with van der Waals surface area (Å²) in [6.07, 6.45) is 3.32. The second kappa shape index (κ2) is 8.70. The molecule has 0 spiro atoms. The lowest BCUT2D eigenvalue weighted by molar-refractivity contribution is -0.129. The minimum absolute atomic E-state index is 0.00635. The highest BCUT2D eigenvalue weighted by Crippen LogP contribution is 2.26. The lowest BCUT2D eigenvalue weighted by atomic mass is 9.87. The topological polar surface area (TPSA) is 57.7 Å². The van der Waals surface area contributed by atoms with Crippen LogP contribution in [0.1, 0.15) is 52.5 Å². The maximum Gasteiger partial charge on any atom is 0.232 e. The third-order valence-corrected chi connectivity index (χ3v) is 5.42. The first-order valence-electron chi connectivity index (χ1n) is 8.79. The number of hydrogen-bond acceptors (Lipinski definition) is 3. The minimum atomic E-state index is -3.44. The van der Waals surface area contributed by atoms with Gasteiger partial charge in [-0.3, -0.25) is 9.10 Å².